The molecule has 4 nitrogen and oxygen atoms in total. The van der Waals surface area contributed by atoms with E-state index in [1.54, 1.807) is 0 Å². The lowest BCUT2D eigenvalue weighted by Crippen LogP contribution is -2.40. The van der Waals surface area contributed by atoms with Gasteiger partial charge in [-0.3, -0.25) is 4.99 Å². The van der Waals surface area contributed by atoms with Gasteiger partial charge in [0.25, 0.3) is 0 Å². The quantitative estimate of drug-likeness (QED) is 0.877. The van der Waals surface area contributed by atoms with Gasteiger partial charge in [-0.15, -0.1) is 0 Å². The third-order valence-corrected chi connectivity index (χ3v) is 4.67. The van der Waals surface area contributed by atoms with E-state index >= 15 is 0 Å². The summed E-state index contributed by atoms with van der Waals surface area (Å²) in [6.07, 6.45) is 5.28. The van der Waals surface area contributed by atoms with E-state index in [-0.39, 0.29) is 0 Å². The summed E-state index contributed by atoms with van der Waals surface area (Å²) in [5.41, 5.74) is 1.26. The zero-order valence-electron chi connectivity index (χ0n) is 10.0. The number of aliphatic imine (C=N–C) groups is 1. The molecule has 5 heteroatoms. The molecule has 0 radical (unpaired) electrons. The van der Waals surface area contributed by atoms with Crippen molar-refractivity contribution in [2.75, 3.05) is 5.75 Å². The molecule has 0 bridgehead atoms. The molecule has 1 N–H and O–H groups in total. The first kappa shape index (κ1) is 11.1. The van der Waals surface area contributed by atoms with Crippen LogP contribution in [0.2, 0.25) is 0 Å². The highest BCUT2D eigenvalue weighted by molar-refractivity contribution is 8.14. The topological polar surface area (TPSA) is 50.4 Å². The molecule has 1 aliphatic carbocycles. The van der Waals surface area contributed by atoms with Crippen molar-refractivity contribution in [1.82, 2.24) is 10.5 Å². The van der Waals surface area contributed by atoms with Crippen LogP contribution in [0.25, 0.3) is 0 Å². The van der Waals surface area contributed by atoms with Crippen LogP contribution in [0, 0.1) is 6.92 Å². The van der Waals surface area contributed by atoms with Crippen LogP contribution >= 0.6 is 11.8 Å². The molecule has 1 aromatic rings. The Morgan fingerprint density at radius 1 is 1.53 bits per heavy atom. The van der Waals surface area contributed by atoms with Crippen LogP contribution < -0.4 is 5.32 Å². The standard InChI is InChI=1S/C12H17N3OS/c1-9-6-10(16-15-9)7-13-11-14-12(8-17-11)4-2-3-5-12/h6H,2-5,7-8H2,1H3,(H,13,14). The van der Waals surface area contributed by atoms with Gasteiger partial charge in [0.15, 0.2) is 10.9 Å². The fourth-order valence-corrected chi connectivity index (χ4v) is 3.77. The summed E-state index contributed by atoms with van der Waals surface area (Å²) in [7, 11) is 0. The van der Waals surface area contributed by atoms with Crippen molar-refractivity contribution >= 4 is 16.9 Å². The van der Waals surface area contributed by atoms with Gasteiger partial charge in [-0.1, -0.05) is 29.8 Å². The van der Waals surface area contributed by atoms with E-state index in [1.807, 2.05) is 24.8 Å². The Balaban J connectivity index is 1.62. The van der Waals surface area contributed by atoms with Gasteiger partial charge >= 0.3 is 0 Å². The number of aromatic nitrogens is 1. The van der Waals surface area contributed by atoms with Gasteiger partial charge in [-0.05, 0) is 19.8 Å². The Bertz CT molecular complexity index is 435. The Hall–Kier alpha value is -0.970. The van der Waals surface area contributed by atoms with Gasteiger partial charge in [0, 0.05) is 17.4 Å². The first-order chi connectivity index (χ1) is 8.26. The van der Waals surface area contributed by atoms with Crippen molar-refractivity contribution in [2.24, 2.45) is 4.99 Å². The van der Waals surface area contributed by atoms with E-state index in [4.69, 9.17) is 4.52 Å². The fraction of sp³-hybridized carbons (Fsp3) is 0.667. The maximum Gasteiger partial charge on any atom is 0.158 e. The summed E-state index contributed by atoms with van der Waals surface area (Å²) in [5.74, 6) is 2.01. The number of aryl methyl sites for hydroxylation is 1. The second kappa shape index (κ2) is 4.37. The Morgan fingerprint density at radius 2 is 2.35 bits per heavy atom. The Labute approximate surface area is 105 Å². The van der Waals surface area contributed by atoms with Crippen molar-refractivity contribution in [1.29, 1.82) is 0 Å². The summed E-state index contributed by atoms with van der Waals surface area (Å²) in [6, 6.07) is 1.94. The van der Waals surface area contributed by atoms with E-state index in [2.05, 4.69) is 15.5 Å². The maximum absolute atomic E-state index is 5.15. The van der Waals surface area contributed by atoms with Crippen molar-refractivity contribution < 1.29 is 4.52 Å². The van der Waals surface area contributed by atoms with Gasteiger partial charge in [0.2, 0.25) is 0 Å². The van der Waals surface area contributed by atoms with E-state index in [0.717, 1.165) is 16.6 Å². The lowest BCUT2D eigenvalue weighted by Gasteiger charge is -2.21. The van der Waals surface area contributed by atoms with Crippen molar-refractivity contribution in [2.45, 2.75) is 44.7 Å². The maximum atomic E-state index is 5.15. The average molecular weight is 251 g/mol. The van der Waals surface area contributed by atoms with Gasteiger partial charge in [-0.2, -0.15) is 0 Å². The van der Waals surface area contributed by atoms with Crippen LogP contribution in [0.4, 0.5) is 0 Å². The predicted molar refractivity (Wildman–Crippen MR) is 69.2 cm³/mol. The van der Waals surface area contributed by atoms with Crippen LogP contribution in [-0.2, 0) is 6.54 Å². The molecule has 17 heavy (non-hydrogen) atoms. The molecule has 1 spiro atoms. The first-order valence-corrected chi connectivity index (χ1v) is 7.12. The molecule has 0 amide bonds. The molecule has 1 saturated carbocycles. The van der Waals surface area contributed by atoms with Gasteiger partial charge in [0.05, 0.1) is 5.69 Å². The van der Waals surface area contributed by atoms with E-state index in [0.29, 0.717) is 12.1 Å². The number of hydrogen-bond acceptors (Lipinski definition) is 4. The van der Waals surface area contributed by atoms with Gasteiger partial charge < -0.3 is 9.84 Å². The average Bonchev–Trinajstić information content (AvgIpc) is 3.01. The minimum Gasteiger partial charge on any atom is -0.359 e. The van der Waals surface area contributed by atoms with E-state index in [1.165, 1.54) is 31.4 Å². The van der Waals surface area contributed by atoms with E-state index < -0.39 is 0 Å². The molecular weight excluding hydrogens is 234 g/mol. The molecule has 2 heterocycles. The zero-order chi connectivity index (χ0) is 11.7. The number of nitrogens with zero attached hydrogens (tertiary/aromatic N) is 2. The molecule has 1 aromatic heterocycles. The van der Waals surface area contributed by atoms with Crippen LogP contribution in [0.3, 0.4) is 0 Å². The predicted octanol–water partition coefficient (Wildman–Crippen LogP) is 2.49. The van der Waals surface area contributed by atoms with Crippen LogP contribution in [0.15, 0.2) is 15.6 Å². The summed E-state index contributed by atoms with van der Waals surface area (Å²) in [6.45, 7) is 2.52. The summed E-state index contributed by atoms with van der Waals surface area (Å²) < 4.78 is 5.15. The summed E-state index contributed by atoms with van der Waals surface area (Å²) >= 11 is 1.84. The second-order valence-electron chi connectivity index (χ2n) is 4.96. The van der Waals surface area contributed by atoms with Crippen molar-refractivity contribution in [3.05, 3.63) is 17.5 Å². The van der Waals surface area contributed by atoms with Crippen LogP contribution in [0.5, 0.6) is 0 Å². The highest BCUT2D eigenvalue weighted by atomic mass is 32.2. The minimum atomic E-state index is 0.348. The highest BCUT2D eigenvalue weighted by Gasteiger charge is 2.39. The molecule has 1 saturated heterocycles. The number of rotatable bonds is 2. The lowest BCUT2D eigenvalue weighted by atomic mass is 10.0. The summed E-state index contributed by atoms with van der Waals surface area (Å²) in [5, 5.41) is 8.53. The second-order valence-corrected chi connectivity index (χ2v) is 5.92. The minimum absolute atomic E-state index is 0.348. The molecule has 92 valence electrons. The zero-order valence-corrected chi connectivity index (χ0v) is 10.8. The van der Waals surface area contributed by atoms with Crippen molar-refractivity contribution in [3.63, 3.8) is 0 Å². The van der Waals surface area contributed by atoms with E-state index in [9.17, 15) is 0 Å². The number of nitrogens with one attached hydrogen (secondary N) is 1. The van der Waals surface area contributed by atoms with Gasteiger partial charge in [-0.25, -0.2) is 0 Å². The van der Waals surface area contributed by atoms with Crippen molar-refractivity contribution in [3.8, 4) is 0 Å². The third-order valence-electron chi connectivity index (χ3n) is 3.47. The molecule has 3 rings (SSSR count). The Kier molecular flexibility index (Phi) is 2.86. The molecule has 2 aliphatic rings. The monoisotopic (exact) mass is 251 g/mol. The molecule has 0 atom stereocenters. The smallest absolute Gasteiger partial charge is 0.158 e. The normalized spacial score (nSPS) is 24.6. The third kappa shape index (κ3) is 2.34. The number of amidine groups is 1. The molecule has 0 aromatic carbocycles. The highest BCUT2D eigenvalue weighted by Crippen LogP contribution is 2.37. The summed E-state index contributed by atoms with van der Waals surface area (Å²) in [4.78, 5) is 4.56. The lowest BCUT2D eigenvalue weighted by molar-refractivity contribution is 0.381. The van der Waals surface area contributed by atoms with Gasteiger partial charge in [0.1, 0.15) is 6.54 Å². The van der Waals surface area contributed by atoms with Crippen LogP contribution in [0.1, 0.15) is 37.1 Å². The molecule has 2 fully saturated rings. The largest absolute Gasteiger partial charge is 0.359 e. The molecule has 1 aliphatic heterocycles. The number of thioether (sulfide) groups is 1. The molecule has 0 unspecified atom stereocenters. The number of hydrogen-bond donors (Lipinski definition) is 1. The Morgan fingerprint density at radius 3 is 3.06 bits per heavy atom. The fourth-order valence-electron chi connectivity index (χ4n) is 2.55. The first-order valence-electron chi connectivity index (χ1n) is 6.13. The SMILES string of the molecule is Cc1cc(CN=C2NC3(CCCC3)CS2)on1. The molecular formula is C12H17N3OS. The van der Waals surface area contributed by atoms with Crippen LogP contribution in [-0.4, -0.2) is 21.6 Å².